The van der Waals surface area contributed by atoms with Gasteiger partial charge < -0.3 is 19.8 Å². The molecule has 31 heavy (non-hydrogen) atoms. The van der Waals surface area contributed by atoms with Crippen molar-refractivity contribution in [3.63, 3.8) is 0 Å². The Bertz CT molecular complexity index is 1120. The van der Waals surface area contributed by atoms with E-state index in [9.17, 15) is 27.2 Å². The summed E-state index contributed by atoms with van der Waals surface area (Å²) in [7, 11) is 1.41. The van der Waals surface area contributed by atoms with E-state index in [2.05, 4.69) is 15.7 Å². The van der Waals surface area contributed by atoms with Crippen molar-refractivity contribution in [3.05, 3.63) is 64.9 Å². The van der Waals surface area contributed by atoms with Crippen molar-refractivity contribution >= 4 is 17.5 Å². The van der Waals surface area contributed by atoms with Crippen LogP contribution in [0.25, 0.3) is 0 Å². The molecular weight excluding hydrogens is 424 g/mol. The zero-order valence-electron chi connectivity index (χ0n) is 16.3. The lowest BCUT2D eigenvalue weighted by atomic mass is 10.3. The van der Waals surface area contributed by atoms with E-state index >= 15 is 0 Å². The molecule has 0 aliphatic carbocycles. The first-order chi connectivity index (χ1) is 14.7. The average molecular weight is 440 g/mol. The van der Waals surface area contributed by atoms with E-state index in [0.717, 1.165) is 0 Å². The Morgan fingerprint density at radius 2 is 1.81 bits per heavy atom. The van der Waals surface area contributed by atoms with Gasteiger partial charge >= 0.3 is 0 Å². The number of furan rings is 1. The molecule has 0 bridgehead atoms. The highest BCUT2D eigenvalue weighted by Gasteiger charge is 2.22. The van der Waals surface area contributed by atoms with E-state index in [1.54, 1.807) is 6.92 Å². The molecule has 1 aromatic carbocycles. The summed E-state index contributed by atoms with van der Waals surface area (Å²) in [4.78, 5) is 24.3. The van der Waals surface area contributed by atoms with Crippen LogP contribution in [-0.2, 0) is 13.2 Å². The van der Waals surface area contributed by atoms with Gasteiger partial charge in [-0.1, -0.05) is 0 Å². The first kappa shape index (κ1) is 21.9. The molecule has 2 heterocycles. The highest BCUT2D eigenvalue weighted by Crippen LogP contribution is 2.27. The third kappa shape index (κ3) is 4.52. The molecule has 0 saturated heterocycles. The van der Waals surface area contributed by atoms with Gasteiger partial charge in [-0.2, -0.15) is 13.9 Å². The van der Waals surface area contributed by atoms with Crippen LogP contribution in [0.5, 0.6) is 5.75 Å². The van der Waals surface area contributed by atoms with Gasteiger partial charge in [-0.25, -0.2) is 8.78 Å². The predicted octanol–water partition coefficient (Wildman–Crippen LogP) is 3.24. The Morgan fingerprint density at radius 1 is 1.13 bits per heavy atom. The number of carbonyl (C=O) groups excluding carboxylic acids is 2. The minimum Gasteiger partial charge on any atom is -0.479 e. The molecule has 8 nitrogen and oxygen atoms in total. The number of nitrogens with zero attached hydrogens (tertiary/aromatic N) is 2. The van der Waals surface area contributed by atoms with Crippen LogP contribution < -0.4 is 15.4 Å². The van der Waals surface area contributed by atoms with Crippen LogP contribution in [0.1, 0.15) is 33.7 Å². The van der Waals surface area contributed by atoms with Crippen molar-refractivity contribution in [1.82, 2.24) is 15.1 Å². The van der Waals surface area contributed by atoms with Crippen LogP contribution in [0.3, 0.4) is 0 Å². The number of nitrogens with one attached hydrogen (secondary N) is 2. The molecule has 0 unspecified atom stereocenters. The number of carbonyl (C=O) groups is 2. The molecule has 0 spiro atoms. The molecule has 0 atom stereocenters. The van der Waals surface area contributed by atoms with Crippen molar-refractivity contribution in [2.75, 3.05) is 12.4 Å². The Labute approximate surface area is 172 Å². The number of anilines is 1. The van der Waals surface area contributed by atoms with Gasteiger partial charge in [0.2, 0.25) is 11.6 Å². The summed E-state index contributed by atoms with van der Waals surface area (Å²) in [6, 6.07) is 2.58. The molecule has 0 fully saturated rings. The number of halogens is 4. The normalized spacial score (nSPS) is 10.8. The first-order valence-corrected chi connectivity index (χ1v) is 8.90. The minimum atomic E-state index is -1.70. The Kier molecular flexibility index (Phi) is 6.28. The van der Waals surface area contributed by atoms with Gasteiger partial charge in [0.25, 0.3) is 11.8 Å². The van der Waals surface area contributed by atoms with E-state index in [0.29, 0.717) is 6.54 Å². The highest BCUT2D eigenvalue weighted by atomic mass is 19.2. The van der Waals surface area contributed by atoms with Crippen molar-refractivity contribution in [3.8, 4) is 5.75 Å². The summed E-state index contributed by atoms with van der Waals surface area (Å²) in [6.45, 7) is 1.64. The Hall–Kier alpha value is -3.83. The highest BCUT2D eigenvalue weighted by molar-refractivity contribution is 6.06. The Balaban J connectivity index is 1.73. The van der Waals surface area contributed by atoms with Gasteiger partial charge in [-0.15, -0.1) is 0 Å². The largest absolute Gasteiger partial charge is 0.479 e. The lowest BCUT2D eigenvalue weighted by Crippen LogP contribution is -2.21. The van der Waals surface area contributed by atoms with Crippen molar-refractivity contribution in [2.45, 2.75) is 20.1 Å². The third-order valence-corrected chi connectivity index (χ3v) is 4.09. The zero-order chi connectivity index (χ0) is 22.7. The summed E-state index contributed by atoms with van der Waals surface area (Å²) in [5.74, 6) is -9.38. The average Bonchev–Trinajstić information content (AvgIpc) is 3.39. The number of aromatic nitrogens is 2. The smallest absolute Gasteiger partial charge is 0.291 e. The number of benzene rings is 1. The third-order valence-electron chi connectivity index (χ3n) is 4.09. The van der Waals surface area contributed by atoms with Crippen LogP contribution in [0.15, 0.2) is 28.8 Å². The molecule has 2 N–H and O–H groups in total. The van der Waals surface area contributed by atoms with E-state index < -0.39 is 47.4 Å². The summed E-state index contributed by atoms with van der Waals surface area (Å²) in [6.07, 6.45) is 1.46. The fraction of sp³-hybridized carbons (Fsp3) is 0.211. The maximum atomic E-state index is 13.6. The van der Waals surface area contributed by atoms with Crippen LogP contribution >= 0.6 is 0 Å². The molecule has 0 radical (unpaired) electrons. The summed E-state index contributed by atoms with van der Waals surface area (Å²) in [5.41, 5.74) is 0.131. The van der Waals surface area contributed by atoms with Crippen molar-refractivity contribution < 1.29 is 36.3 Å². The molecule has 164 valence electrons. The number of amides is 2. The second-order valence-corrected chi connectivity index (χ2v) is 6.13. The second kappa shape index (κ2) is 8.90. The molecule has 2 aromatic heterocycles. The first-order valence-electron chi connectivity index (χ1n) is 8.90. The quantitative estimate of drug-likeness (QED) is 0.434. The maximum absolute atomic E-state index is 13.6. The number of aryl methyl sites for hydroxylation is 1. The molecule has 12 heteroatoms. The standard InChI is InChI=1S/C19H16F4N4O4/c1-3-27-7-12(16(26-27)19(29)24-2)25-18(28)13-5-4-9(31-13)8-30-17-14(22)10(20)6-11(21)15(17)23/h4-7H,3,8H2,1-2H3,(H,24,29)(H,25,28). The topological polar surface area (TPSA) is 98.4 Å². The molecule has 2 amide bonds. The lowest BCUT2D eigenvalue weighted by molar-refractivity contribution is 0.0958. The van der Waals surface area contributed by atoms with Crippen LogP contribution in [0, 0.1) is 23.3 Å². The monoisotopic (exact) mass is 440 g/mol. The number of hydrogen-bond donors (Lipinski definition) is 2. The molecule has 3 aromatic rings. The van der Waals surface area contributed by atoms with Gasteiger partial charge in [-0.3, -0.25) is 14.3 Å². The van der Waals surface area contributed by atoms with E-state index in [-0.39, 0.29) is 29.0 Å². The van der Waals surface area contributed by atoms with Gasteiger partial charge in [0, 0.05) is 25.9 Å². The van der Waals surface area contributed by atoms with Crippen LogP contribution in [0.4, 0.5) is 23.2 Å². The fourth-order valence-corrected chi connectivity index (χ4v) is 2.54. The predicted molar refractivity (Wildman–Crippen MR) is 98.6 cm³/mol. The van der Waals surface area contributed by atoms with Gasteiger partial charge in [-0.05, 0) is 19.1 Å². The summed E-state index contributed by atoms with van der Waals surface area (Å²) in [5, 5.41) is 8.94. The summed E-state index contributed by atoms with van der Waals surface area (Å²) < 4.78 is 65.2. The molecule has 0 saturated carbocycles. The second-order valence-electron chi connectivity index (χ2n) is 6.13. The Morgan fingerprint density at radius 3 is 2.42 bits per heavy atom. The number of hydrogen-bond acceptors (Lipinski definition) is 5. The van der Waals surface area contributed by atoms with Gasteiger partial charge in [0.15, 0.2) is 28.8 Å². The SMILES string of the molecule is CCn1cc(NC(=O)c2ccc(COc3c(F)c(F)cc(F)c3F)o2)c(C(=O)NC)n1. The maximum Gasteiger partial charge on any atom is 0.291 e. The summed E-state index contributed by atoms with van der Waals surface area (Å²) >= 11 is 0. The minimum absolute atomic E-state index is 0.00751. The van der Waals surface area contributed by atoms with Crippen LogP contribution in [0.2, 0.25) is 0 Å². The van der Waals surface area contributed by atoms with Gasteiger partial charge in [0.1, 0.15) is 12.4 Å². The van der Waals surface area contributed by atoms with Crippen molar-refractivity contribution in [1.29, 1.82) is 0 Å². The van der Waals surface area contributed by atoms with Gasteiger partial charge in [0.05, 0.1) is 5.69 Å². The molecule has 3 rings (SSSR count). The molecule has 0 aliphatic heterocycles. The van der Waals surface area contributed by atoms with E-state index in [1.165, 1.54) is 30.1 Å². The fourth-order valence-electron chi connectivity index (χ4n) is 2.54. The zero-order valence-corrected chi connectivity index (χ0v) is 16.3. The lowest BCUT2D eigenvalue weighted by Gasteiger charge is -2.08. The van der Waals surface area contributed by atoms with E-state index in [1.807, 2.05) is 0 Å². The van der Waals surface area contributed by atoms with Crippen molar-refractivity contribution in [2.24, 2.45) is 0 Å². The number of ether oxygens (including phenoxy) is 1. The molecular formula is C19H16F4N4O4. The van der Waals surface area contributed by atoms with Crippen LogP contribution in [-0.4, -0.2) is 28.6 Å². The molecule has 0 aliphatic rings. The number of rotatable bonds is 7. The van der Waals surface area contributed by atoms with E-state index in [4.69, 9.17) is 9.15 Å².